The van der Waals surface area contributed by atoms with Gasteiger partial charge in [-0.1, -0.05) is 62.3 Å². The van der Waals surface area contributed by atoms with Crippen LogP contribution in [0.2, 0.25) is 34.8 Å². The van der Waals surface area contributed by atoms with Crippen LogP contribution in [0.1, 0.15) is 86.0 Å². The molecule has 2 N–H and O–H groups in total. The summed E-state index contributed by atoms with van der Waals surface area (Å²) < 4.78 is 18.8. The average molecular weight is 539 g/mol. The number of hydrogen-bond acceptors (Lipinski definition) is 6. The van der Waals surface area contributed by atoms with Crippen molar-refractivity contribution in [3.8, 4) is 11.5 Å². The van der Waals surface area contributed by atoms with Gasteiger partial charge in [-0.15, -0.1) is 0 Å². The Kier molecular flexibility index (Phi) is 10.4. The van der Waals surface area contributed by atoms with Gasteiger partial charge < -0.3 is 23.8 Å². The van der Waals surface area contributed by atoms with Gasteiger partial charge in [0.25, 0.3) is 8.32 Å². The molecule has 6 nitrogen and oxygen atoms in total. The predicted molar refractivity (Wildman–Crippen MR) is 151 cm³/mol. The number of Topliss-reactive ketones (excluding diaryl/α,β-unsaturated/α-hetero) is 1. The van der Waals surface area contributed by atoms with Crippen molar-refractivity contribution in [3.63, 3.8) is 0 Å². The van der Waals surface area contributed by atoms with Crippen molar-refractivity contribution in [1.29, 1.82) is 0 Å². The molecule has 1 aliphatic carbocycles. The number of ether oxygens (including phenoxy) is 1. The summed E-state index contributed by atoms with van der Waals surface area (Å²) in [5.74, 6) is 0.831. The smallest absolute Gasteiger partial charge is 0.258 e. The topological polar surface area (TPSA) is 85.2 Å². The third kappa shape index (κ3) is 5.77. The second-order valence-corrected chi connectivity index (χ2v) is 21.6. The standard InChI is InChI=1S/C28H50O6Si2/c1-11-35(12-2,13-3)33-18-26(30)28(31)16-22-24(32-10)14-15-25(27(22)23(29)17-28)34-36(19(4)5,20(6)7)21(8)9/h14-15,19-21,23,29,31H,11-13,16-18H2,1-10H3/t23-,28-/m0/s1. The second-order valence-electron chi connectivity index (χ2n) is 11.5. The maximum absolute atomic E-state index is 13.3. The van der Waals surface area contributed by atoms with Crippen LogP contribution in [0.4, 0.5) is 0 Å². The van der Waals surface area contributed by atoms with E-state index in [1.807, 2.05) is 12.1 Å². The van der Waals surface area contributed by atoms with Gasteiger partial charge in [0.15, 0.2) is 14.1 Å². The molecular weight excluding hydrogens is 488 g/mol. The molecule has 0 unspecified atom stereocenters. The Bertz CT molecular complexity index is 866. The van der Waals surface area contributed by atoms with Gasteiger partial charge >= 0.3 is 0 Å². The highest BCUT2D eigenvalue weighted by molar-refractivity contribution is 6.78. The molecular formula is C28H50O6Si2. The minimum atomic E-state index is -2.29. The van der Waals surface area contributed by atoms with Crippen LogP contribution in [0.25, 0.3) is 0 Å². The first-order chi connectivity index (χ1) is 16.8. The maximum Gasteiger partial charge on any atom is 0.258 e. The highest BCUT2D eigenvalue weighted by Crippen LogP contribution is 2.49. The van der Waals surface area contributed by atoms with Gasteiger partial charge in [0.1, 0.15) is 17.1 Å². The van der Waals surface area contributed by atoms with E-state index in [2.05, 4.69) is 62.3 Å². The molecule has 0 bridgehead atoms. The van der Waals surface area contributed by atoms with Crippen LogP contribution in [0.3, 0.4) is 0 Å². The summed E-state index contributed by atoms with van der Waals surface area (Å²) in [6, 6.07) is 6.50. The minimum absolute atomic E-state index is 0.0699. The van der Waals surface area contributed by atoms with E-state index in [1.165, 1.54) is 0 Å². The number of carbonyl (C=O) groups excluding carboxylic acids is 1. The van der Waals surface area contributed by atoms with E-state index in [9.17, 15) is 15.0 Å². The molecule has 2 atom stereocenters. The molecule has 36 heavy (non-hydrogen) atoms. The van der Waals surface area contributed by atoms with E-state index in [0.29, 0.717) is 39.2 Å². The quantitative estimate of drug-likeness (QED) is 0.277. The Labute approximate surface area is 221 Å². The number of aliphatic hydroxyl groups excluding tert-OH is 1. The van der Waals surface area contributed by atoms with Crippen LogP contribution in [0, 0.1) is 0 Å². The largest absolute Gasteiger partial charge is 0.542 e. The highest BCUT2D eigenvalue weighted by atomic mass is 28.4. The van der Waals surface area contributed by atoms with E-state index in [1.54, 1.807) is 7.11 Å². The van der Waals surface area contributed by atoms with E-state index in [4.69, 9.17) is 13.6 Å². The van der Waals surface area contributed by atoms with E-state index in [-0.39, 0.29) is 25.2 Å². The lowest BCUT2D eigenvalue weighted by Crippen LogP contribution is -2.51. The molecule has 0 spiro atoms. The van der Waals surface area contributed by atoms with E-state index >= 15 is 0 Å². The Morgan fingerprint density at radius 2 is 1.50 bits per heavy atom. The molecule has 1 aromatic carbocycles. The molecule has 0 radical (unpaired) electrons. The molecule has 2 rings (SSSR count). The lowest BCUT2D eigenvalue weighted by atomic mass is 9.76. The Morgan fingerprint density at radius 1 is 1.00 bits per heavy atom. The van der Waals surface area contributed by atoms with Gasteiger partial charge in [-0.05, 0) is 46.9 Å². The summed E-state index contributed by atoms with van der Waals surface area (Å²) in [5, 5.41) is 22.9. The number of rotatable bonds is 13. The predicted octanol–water partition coefficient (Wildman–Crippen LogP) is 6.55. The zero-order valence-corrected chi connectivity index (χ0v) is 26.2. The van der Waals surface area contributed by atoms with Crippen LogP contribution in [-0.2, 0) is 15.6 Å². The van der Waals surface area contributed by atoms with Crippen LogP contribution in [0.15, 0.2) is 12.1 Å². The molecule has 0 amide bonds. The van der Waals surface area contributed by atoms with E-state index in [0.717, 1.165) is 18.1 Å². The molecule has 0 saturated carbocycles. The highest BCUT2D eigenvalue weighted by Gasteiger charge is 2.50. The first-order valence-corrected chi connectivity index (χ1v) is 18.4. The summed E-state index contributed by atoms with van der Waals surface area (Å²) in [7, 11) is -2.70. The number of hydrogen-bond donors (Lipinski definition) is 2. The van der Waals surface area contributed by atoms with Gasteiger partial charge in [-0.25, -0.2) is 0 Å². The lowest BCUT2D eigenvalue weighted by molar-refractivity contribution is -0.144. The molecule has 1 aromatic rings. The summed E-state index contributed by atoms with van der Waals surface area (Å²) in [6.07, 6.45) is -1.05. The van der Waals surface area contributed by atoms with Crippen LogP contribution in [0.5, 0.6) is 11.5 Å². The van der Waals surface area contributed by atoms with Crippen molar-refractivity contribution in [2.75, 3.05) is 13.7 Å². The fourth-order valence-corrected chi connectivity index (χ4v) is 14.2. The van der Waals surface area contributed by atoms with Crippen LogP contribution >= 0.6 is 0 Å². The van der Waals surface area contributed by atoms with Crippen molar-refractivity contribution in [2.45, 2.75) is 122 Å². The molecule has 0 saturated heterocycles. The fraction of sp³-hybridized carbons (Fsp3) is 0.750. The molecule has 206 valence electrons. The lowest BCUT2D eigenvalue weighted by Gasteiger charge is -2.44. The van der Waals surface area contributed by atoms with Crippen molar-refractivity contribution < 1.29 is 28.6 Å². The Morgan fingerprint density at radius 3 is 1.94 bits per heavy atom. The first kappa shape index (κ1) is 31.0. The van der Waals surface area contributed by atoms with Crippen molar-refractivity contribution in [1.82, 2.24) is 0 Å². The third-order valence-electron chi connectivity index (χ3n) is 8.78. The fourth-order valence-electron chi connectivity index (χ4n) is 6.40. The van der Waals surface area contributed by atoms with E-state index < -0.39 is 28.3 Å². The number of aliphatic hydroxyl groups is 2. The number of ketones is 1. The van der Waals surface area contributed by atoms with Gasteiger partial charge in [-0.3, -0.25) is 4.79 Å². The molecule has 0 aromatic heterocycles. The van der Waals surface area contributed by atoms with Crippen molar-refractivity contribution in [2.24, 2.45) is 0 Å². The minimum Gasteiger partial charge on any atom is -0.542 e. The summed E-state index contributed by atoms with van der Waals surface area (Å²) >= 11 is 0. The average Bonchev–Trinajstić information content (AvgIpc) is 2.82. The number of benzene rings is 1. The molecule has 8 heteroatoms. The normalized spacial score (nSPS) is 20.7. The summed E-state index contributed by atoms with van der Waals surface area (Å²) in [5.41, 5.74) is 0.682. The van der Waals surface area contributed by atoms with Crippen molar-refractivity contribution in [3.05, 3.63) is 23.3 Å². The Balaban J connectivity index is 2.49. The molecule has 0 fully saturated rings. The molecule has 0 aliphatic heterocycles. The van der Waals surface area contributed by atoms with Crippen LogP contribution < -0.4 is 9.16 Å². The molecule has 0 heterocycles. The SMILES string of the molecule is CC[Si](CC)(CC)OCC(=O)[C@]1(O)Cc2c(OC)ccc(O[Si](C(C)C)(C(C)C)C(C)C)c2[C@@H](O)C1. The third-order valence-corrected chi connectivity index (χ3v) is 19.4. The Hall–Kier alpha value is -1.20. The zero-order valence-electron chi connectivity index (χ0n) is 24.2. The monoisotopic (exact) mass is 538 g/mol. The van der Waals surface area contributed by atoms with Gasteiger partial charge in [0.2, 0.25) is 0 Å². The van der Waals surface area contributed by atoms with Gasteiger partial charge in [0.05, 0.1) is 19.8 Å². The van der Waals surface area contributed by atoms with Gasteiger partial charge in [0, 0.05) is 24.0 Å². The number of carbonyl (C=O) groups is 1. The maximum atomic E-state index is 13.3. The number of fused-ring (bicyclic) bond motifs is 1. The van der Waals surface area contributed by atoms with Gasteiger partial charge in [-0.2, -0.15) is 0 Å². The summed E-state index contributed by atoms with van der Waals surface area (Å²) in [4.78, 5) is 13.3. The first-order valence-electron chi connectivity index (χ1n) is 13.7. The summed E-state index contributed by atoms with van der Waals surface area (Å²) in [6.45, 7) is 19.6. The van der Waals surface area contributed by atoms with Crippen LogP contribution in [-0.4, -0.2) is 51.9 Å². The van der Waals surface area contributed by atoms with Crippen molar-refractivity contribution >= 4 is 22.4 Å². The number of methoxy groups -OCH3 is 1. The molecule has 1 aliphatic rings. The zero-order chi connectivity index (χ0) is 27.5. The second kappa shape index (κ2) is 12.1.